The Bertz CT molecular complexity index is 846. The van der Waals surface area contributed by atoms with Crippen molar-refractivity contribution >= 4 is 15.9 Å². The second-order valence-corrected chi connectivity index (χ2v) is 8.04. The molecule has 1 amide bonds. The summed E-state index contributed by atoms with van der Waals surface area (Å²) < 4.78 is 26.8. The Morgan fingerprint density at radius 3 is 2.35 bits per heavy atom. The van der Waals surface area contributed by atoms with Crippen LogP contribution in [0.1, 0.15) is 24.1 Å². The van der Waals surface area contributed by atoms with Gasteiger partial charge in [0, 0.05) is 6.54 Å². The van der Waals surface area contributed by atoms with E-state index in [-0.39, 0.29) is 29.9 Å². The normalized spacial score (nSPS) is 12.6. The molecular formula is C20H24N2O3S. The molecule has 1 atom stereocenters. The highest BCUT2D eigenvalue weighted by Crippen LogP contribution is 2.17. The van der Waals surface area contributed by atoms with E-state index < -0.39 is 10.0 Å². The molecule has 2 rings (SSSR count). The molecule has 0 spiro atoms. The van der Waals surface area contributed by atoms with E-state index in [4.69, 9.17) is 0 Å². The average molecular weight is 372 g/mol. The van der Waals surface area contributed by atoms with E-state index in [1.54, 1.807) is 24.3 Å². The molecule has 1 N–H and O–H groups in total. The van der Waals surface area contributed by atoms with Gasteiger partial charge < -0.3 is 5.32 Å². The number of nitrogens with zero attached hydrogens (tertiary/aromatic N) is 1. The summed E-state index contributed by atoms with van der Waals surface area (Å²) in [4.78, 5) is 12.6. The third kappa shape index (κ3) is 5.03. The molecular weight excluding hydrogens is 348 g/mol. The highest BCUT2D eigenvalue weighted by atomic mass is 32.2. The van der Waals surface area contributed by atoms with Crippen LogP contribution in [0.25, 0.3) is 0 Å². The van der Waals surface area contributed by atoms with Gasteiger partial charge in [-0.05, 0) is 31.5 Å². The summed E-state index contributed by atoms with van der Waals surface area (Å²) in [5.41, 5.74) is 1.92. The fourth-order valence-electron chi connectivity index (χ4n) is 2.52. The fourth-order valence-corrected chi connectivity index (χ4v) is 3.89. The lowest BCUT2D eigenvalue weighted by atomic mass is 10.1. The van der Waals surface area contributed by atoms with E-state index in [2.05, 4.69) is 11.9 Å². The van der Waals surface area contributed by atoms with Crippen molar-refractivity contribution in [1.29, 1.82) is 0 Å². The highest BCUT2D eigenvalue weighted by Gasteiger charge is 2.26. The Morgan fingerprint density at radius 2 is 1.77 bits per heavy atom. The summed E-state index contributed by atoms with van der Waals surface area (Å²) in [6, 6.07) is 15.9. The average Bonchev–Trinajstić information content (AvgIpc) is 2.62. The van der Waals surface area contributed by atoms with Crippen molar-refractivity contribution in [2.45, 2.75) is 24.8 Å². The van der Waals surface area contributed by atoms with Crippen molar-refractivity contribution in [3.05, 3.63) is 78.4 Å². The monoisotopic (exact) mass is 372 g/mol. The zero-order valence-electron chi connectivity index (χ0n) is 15.1. The molecule has 5 nitrogen and oxygen atoms in total. The van der Waals surface area contributed by atoms with Gasteiger partial charge in [0.25, 0.3) is 0 Å². The maximum absolute atomic E-state index is 12.8. The predicted octanol–water partition coefficient (Wildman–Crippen LogP) is 3.05. The zero-order valence-corrected chi connectivity index (χ0v) is 15.9. The van der Waals surface area contributed by atoms with Crippen LogP contribution in [0.2, 0.25) is 0 Å². The maximum atomic E-state index is 12.8. The molecule has 0 bridgehead atoms. The first-order valence-corrected chi connectivity index (χ1v) is 9.80. The molecule has 6 heteroatoms. The van der Waals surface area contributed by atoms with Gasteiger partial charge in [0.05, 0.1) is 17.5 Å². The van der Waals surface area contributed by atoms with Gasteiger partial charge in [-0.25, -0.2) is 8.42 Å². The minimum absolute atomic E-state index is 0.0589. The van der Waals surface area contributed by atoms with Crippen LogP contribution in [0.3, 0.4) is 0 Å². The summed E-state index contributed by atoms with van der Waals surface area (Å²) in [7, 11) is -3.77. The number of hydrogen-bond donors (Lipinski definition) is 1. The maximum Gasteiger partial charge on any atom is 0.243 e. The lowest BCUT2D eigenvalue weighted by Crippen LogP contribution is -2.41. The van der Waals surface area contributed by atoms with Gasteiger partial charge in [0.1, 0.15) is 0 Å². The highest BCUT2D eigenvalue weighted by molar-refractivity contribution is 7.89. The number of carbonyl (C=O) groups is 1. The van der Waals surface area contributed by atoms with E-state index in [0.29, 0.717) is 0 Å². The van der Waals surface area contributed by atoms with Gasteiger partial charge >= 0.3 is 0 Å². The first-order valence-electron chi connectivity index (χ1n) is 8.36. The van der Waals surface area contributed by atoms with Gasteiger partial charge in [0.15, 0.2) is 0 Å². The Morgan fingerprint density at radius 1 is 1.15 bits per heavy atom. The van der Waals surface area contributed by atoms with Gasteiger partial charge in [-0.1, -0.05) is 54.1 Å². The Kier molecular flexibility index (Phi) is 6.71. The number of hydrogen-bond acceptors (Lipinski definition) is 3. The number of sulfonamides is 1. The van der Waals surface area contributed by atoms with Crippen molar-refractivity contribution in [2.75, 3.05) is 13.1 Å². The fraction of sp³-hybridized carbons (Fsp3) is 0.250. The number of benzene rings is 2. The number of aryl methyl sites for hydroxylation is 1. The molecule has 0 heterocycles. The predicted molar refractivity (Wildman–Crippen MR) is 103 cm³/mol. The SMILES string of the molecule is C=CCN(CC(=O)N[C@H](C)c1ccccc1)S(=O)(=O)c1ccc(C)cc1. The Hall–Kier alpha value is -2.44. The third-order valence-corrected chi connectivity index (χ3v) is 5.81. The lowest BCUT2D eigenvalue weighted by molar-refractivity contribution is -0.121. The van der Waals surface area contributed by atoms with Crippen LogP contribution in [0.15, 0.2) is 72.1 Å². The second kappa shape index (κ2) is 8.78. The Balaban J connectivity index is 2.13. The van der Waals surface area contributed by atoms with Crippen molar-refractivity contribution in [3.63, 3.8) is 0 Å². The van der Waals surface area contributed by atoms with E-state index >= 15 is 0 Å². The molecule has 2 aromatic carbocycles. The molecule has 0 aromatic heterocycles. The number of carbonyl (C=O) groups excluding carboxylic acids is 1. The summed E-state index contributed by atoms with van der Waals surface area (Å²) in [6.07, 6.45) is 1.47. The smallest absolute Gasteiger partial charge is 0.243 e. The van der Waals surface area contributed by atoms with Crippen LogP contribution in [0, 0.1) is 6.92 Å². The first-order chi connectivity index (χ1) is 12.3. The molecule has 0 aliphatic heterocycles. The molecule has 2 aromatic rings. The third-order valence-electron chi connectivity index (χ3n) is 3.99. The Labute approximate surface area is 155 Å². The number of amides is 1. The van der Waals surface area contributed by atoms with Crippen LogP contribution in [-0.2, 0) is 14.8 Å². The van der Waals surface area contributed by atoms with Gasteiger partial charge in [-0.3, -0.25) is 4.79 Å². The first kappa shape index (κ1) is 19.9. The molecule has 0 fully saturated rings. The molecule has 0 aliphatic carbocycles. The summed E-state index contributed by atoms with van der Waals surface area (Å²) in [6.45, 7) is 7.14. The molecule has 0 saturated carbocycles. The lowest BCUT2D eigenvalue weighted by Gasteiger charge is -2.22. The summed E-state index contributed by atoms with van der Waals surface area (Å²) in [5.74, 6) is -0.362. The van der Waals surface area contributed by atoms with Crippen molar-refractivity contribution < 1.29 is 13.2 Å². The van der Waals surface area contributed by atoms with Gasteiger partial charge in [-0.15, -0.1) is 6.58 Å². The van der Waals surface area contributed by atoms with E-state index in [0.717, 1.165) is 15.4 Å². The molecule has 0 aliphatic rings. The molecule has 0 unspecified atom stereocenters. The molecule has 26 heavy (non-hydrogen) atoms. The second-order valence-electron chi connectivity index (χ2n) is 6.10. The van der Waals surface area contributed by atoms with Crippen LogP contribution in [0.5, 0.6) is 0 Å². The van der Waals surface area contributed by atoms with Crippen molar-refractivity contribution in [3.8, 4) is 0 Å². The van der Waals surface area contributed by atoms with Crippen LogP contribution in [0.4, 0.5) is 0 Å². The number of rotatable bonds is 8. The van der Waals surface area contributed by atoms with E-state index in [1.807, 2.05) is 44.2 Å². The van der Waals surface area contributed by atoms with Gasteiger partial charge in [-0.2, -0.15) is 4.31 Å². The quantitative estimate of drug-likeness (QED) is 0.724. The minimum Gasteiger partial charge on any atom is -0.348 e. The standard InChI is InChI=1S/C20H24N2O3S/c1-4-14-22(26(24,25)19-12-10-16(2)11-13-19)15-20(23)21-17(3)18-8-6-5-7-9-18/h4-13,17H,1,14-15H2,2-3H3,(H,21,23)/t17-/m1/s1. The summed E-state index contributed by atoms with van der Waals surface area (Å²) >= 11 is 0. The summed E-state index contributed by atoms with van der Waals surface area (Å²) in [5, 5.41) is 2.84. The van der Waals surface area contributed by atoms with Crippen LogP contribution < -0.4 is 5.32 Å². The molecule has 0 saturated heterocycles. The topological polar surface area (TPSA) is 66.5 Å². The van der Waals surface area contributed by atoms with Crippen LogP contribution in [-0.4, -0.2) is 31.7 Å². The minimum atomic E-state index is -3.77. The molecule has 138 valence electrons. The van der Waals surface area contributed by atoms with Crippen LogP contribution >= 0.6 is 0 Å². The molecule has 0 radical (unpaired) electrons. The van der Waals surface area contributed by atoms with E-state index in [1.165, 1.54) is 6.08 Å². The van der Waals surface area contributed by atoms with Gasteiger partial charge in [0.2, 0.25) is 15.9 Å². The number of nitrogens with one attached hydrogen (secondary N) is 1. The van der Waals surface area contributed by atoms with E-state index in [9.17, 15) is 13.2 Å². The van der Waals surface area contributed by atoms with Crippen molar-refractivity contribution in [2.24, 2.45) is 0 Å². The largest absolute Gasteiger partial charge is 0.348 e. The van der Waals surface area contributed by atoms with Crippen molar-refractivity contribution in [1.82, 2.24) is 9.62 Å². The zero-order chi connectivity index (χ0) is 19.2.